The third kappa shape index (κ3) is 2.41. The van der Waals surface area contributed by atoms with Gasteiger partial charge in [-0.2, -0.15) is 0 Å². The van der Waals surface area contributed by atoms with E-state index < -0.39 is 0 Å². The van der Waals surface area contributed by atoms with Gasteiger partial charge in [0.25, 0.3) is 0 Å². The van der Waals surface area contributed by atoms with Crippen LogP contribution in [0.5, 0.6) is 0 Å². The first-order valence-electron chi connectivity index (χ1n) is 6.08. The maximum Gasteiger partial charge on any atom is 0.138 e. The summed E-state index contributed by atoms with van der Waals surface area (Å²) < 4.78 is 0. The summed E-state index contributed by atoms with van der Waals surface area (Å²) in [5, 5.41) is 0.631. The highest BCUT2D eigenvalue weighted by atomic mass is 35.5. The van der Waals surface area contributed by atoms with Gasteiger partial charge < -0.3 is 5.43 Å². The van der Waals surface area contributed by atoms with Gasteiger partial charge in [0.1, 0.15) is 5.84 Å². The molecular weight excluding hydrogens is 274 g/mol. The minimum atomic E-state index is 0.370. The second kappa shape index (κ2) is 5.40. The van der Waals surface area contributed by atoms with Crippen molar-refractivity contribution in [3.05, 3.63) is 58.9 Å². The van der Waals surface area contributed by atoms with E-state index in [4.69, 9.17) is 17.4 Å². The molecule has 5 nitrogen and oxygen atoms in total. The normalized spacial score (nSPS) is 13.9. The fraction of sp³-hybridized carbons (Fsp3) is 0.0714. The van der Waals surface area contributed by atoms with Gasteiger partial charge in [-0.3, -0.25) is 9.98 Å². The van der Waals surface area contributed by atoms with Gasteiger partial charge >= 0.3 is 0 Å². The number of nitrogens with two attached hydrogens (primary N) is 1. The second-order valence-corrected chi connectivity index (χ2v) is 4.68. The maximum absolute atomic E-state index is 6.09. The molecule has 0 spiro atoms. The molecule has 2 heterocycles. The number of fused-ring (bicyclic) bond motifs is 1. The topological polar surface area (TPSA) is 75.7 Å². The predicted molar refractivity (Wildman–Crippen MR) is 80.6 cm³/mol. The highest BCUT2D eigenvalue weighted by Crippen LogP contribution is 2.27. The van der Waals surface area contributed by atoms with E-state index >= 15 is 0 Å². The predicted octanol–water partition coefficient (Wildman–Crippen LogP) is 2.08. The van der Waals surface area contributed by atoms with Crippen molar-refractivity contribution < 1.29 is 0 Å². The minimum absolute atomic E-state index is 0.370. The van der Waals surface area contributed by atoms with Crippen molar-refractivity contribution in [2.24, 2.45) is 15.8 Å². The number of nitrogens with one attached hydrogen (secondary N) is 1. The fourth-order valence-electron chi connectivity index (χ4n) is 2.02. The van der Waals surface area contributed by atoms with Crippen molar-refractivity contribution in [1.29, 1.82) is 0 Å². The second-order valence-electron chi connectivity index (χ2n) is 4.24. The van der Waals surface area contributed by atoms with Crippen LogP contribution in [0, 0.1) is 0 Å². The van der Waals surface area contributed by atoms with Crippen molar-refractivity contribution in [2.75, 3.05) is 6.54 Å². The molecule has 0 fully saturated rings. The number of hydrazine groups is 1. The number of halogens is 1. The minimum Gasteiger partial charge on any atom is -0.310 e. The molecular formula is C14H12ClN5. The molecule has 1 aromatic carbocycles. The van der Waals surface area contributed by atoms with Gasteiger partial charge in [0, 0.05) is 16.8 Å². The lowest BCUT2D eigenvalue weighted by Gasteiger charge is -2.07. The molecule has 3 rings (SSSR count). The van der Waals surface area contributed by atoms with Crippen LogP contribution in [-0.4, -0.2) is 23.1 Å². The Kier molecular flexibility index (Phi) is 3.45. The van der Waals surface area contributed by atoms with Crippen LogP contribution in [0.25, 0.3) is 0 Å². The maximum atomic E-state index is 6.09. The molecule has 0 bridgehead atoms. The van der Waals surface area contributed by atoms with Gasteiger partial charge in [-0.05, 0) is 30.3 Å². The Labute approximate surface area is 121 Å². The van der Waals surface area contributed by atoms with Gasteiger partial charge in [-0.15, -0.1) is 0 Å². The summed E-state index contributed by atoms with van der Waals surface area (Å²) in [6.07, 6.45) is 1.73. The average molecular weight is 286 g/mol. The molecule has 3 N–H and O–H groups in total. The van der Waals surface area contributed by atoms with Crippen LogP contribution in [0.1, 0.15) is 11.3 Å². The van der Waals surface area contributed by atoms with Gasteiger partial charge in [0.05, 0.1) is 23.6 Å². The third-order valence-corrected chi connectivity index (χ3v) is 3.17. The third-order valence-electron chi connectivity index (χ3n) is 2.93. The van der Waals surface area contributed by atoms with Crippen molar-refractivity contribution in [3.63, 3.8) is 0 Å². The number of aromatic nitrogens is 1. The SMILES string of the molecule is NNC1=Nc2ccc(Cl)cc2C(c2ccccn2)=NC1. The van der Waals surface area contributed by atoms with E-state index in [2.05, 4.69) is 20.4 Å². The first kappa shape index (κ1) is 12.8. The summed E-state index contributed by atoms with van der Waals surface area (Å²) >= 11 is 6.09. The zero-order valence-corrected chi connectivity index (χ0v) is 11.3. The average Bonchev–Trinajstić information content (AvgIpc) is 2.67. The Balaban J connectivity index is 2.19. The number of amidine groups is 1. The number of pyridine rings is 1. The lowest BCUT2D eigenvalue weighted by atomic mass is 10.0. The smallest absolute Gasteiger partial charge is 0.138 e. The Bertz CT molecular complexity index is 694. The molecule has 100 valence electrons. The van der Waals surface area contributed by atoms with Crippen LogP contribution in [0.4, 0.5) is 5.69 Å². The molecule has 2 aromatic rings. The van der Waals surface area contributed by atoms with Crippen molar-refractivity contribution >= 4 is 28.8 Å². The van der Waals surface area contributed by atoms with Gasteiger partial charge in [-0.1, -0.05) is 17.7 Å². The van der Waals surface area contributed by atoms with Crippen LogP contribution in [0.3, 0.4) is 0 Å². The van der Waals surface area contributed by atoms with Crippen molar-refractivity contribution in [2.45, 2.75) is 0 Å². The molecule has 0 saturated carbocycles. The molecule has 1 aromatic heterocycles. The summed E-state index contributed by atoms with van der Waals surface area (Å²) in [7, 11) is 0. The van der Waals surface area contributed by atoms with Crippen LogP contribution in [0.2, 0.25) is 5.02 Å². The lowest BCUT2D eigenvalue weighted by Crippen LogP contribution is -2.32. The highest BCUT2D eigenvalue weighted by Gasteiger charge is 2.17. The Morgan fingerprint density at radius 3 is 2.85 bits per heavy atom. The molecule has 20 heavy (non-hydrogen) atoms. The van der Waals surface area contributed by atoms with Crippen molar-refractivity contribution in [3.8, 4) is 0 Å². The number of aliphatic imine (C=N–C) groups is 2. The largest absolute Gasteiger partial charge is 0.310 e. The van der Waals surface area contributed by atoms with E-state index in [1.165, 1.54) is 0 Å². The quantitative estimate of drug-likeness (QED) is 0.622. The number of hydrogen-bond acceptors (Lipinski definition) is 5. The van der Waals surface area contributed by atoms with Gasteiger partial charge in [0.15, 0.2) is 0 Å². The number of benzene rings is 1. The monoisotopic (exact) mass is 285 g/mol. The van der Waals surface area contributed by atoms with E-state index in [-0.39, 0.29) is 0 Å². The molecule has 0 amide bonds. The lowest BCUT2D eigenvalue weighted by molar-refractivity contribution is 0.992. The Morgan fingerprint density at radius 2 is 2.10 bits per heavy atom. The zero-order chi connectivity index (χ0) is 13.9. The zero-order valence-electron chi connectivity index (χ0n) is 10.5. The summed E-state index contributed by atoms with van der Waals surface area (Å²) in [5.41, 5.74) is 5.72. The summed E-state index contributed by atoms with van der Waals surface area (Å²) in [5.74, 6) is 6.05. The molecule has 0 atom stereocenters. The molecule has 1 aliphatic rings. The summed E-state index contributed by atoms with van der Waals surface area (Å²) in [6.45, 7) is 0.370. The van der Waals surface area contributed by atoms with Crippen LogP contribution >= 0.6 is 11.6 Å². The molecule has 1 aliphatic heterocycles. The molecule has 6 heteroatoms. The molecule has 0 aliphatic carbocycles. The molecule has 0 unspecified atom stereocenters. The number of nitrogens with zero attached hydrogens (tertiary/aromatic N) is 3. The first-order valence-corrected chi connectivity index (χ1v) is 6.45. The van der Waals surface area contributed by atoms with Gasteiger partial charge in [-0.25, -0.2) is 10.8 Å². The number of hydrogen-bond donors (Lipinski definition) is 2. The Morgan fingerprint density at radius 1 is 1.20 bits per heavy atom. The fourth-order valence-corrected chi connectivity index (χ4v) is 2.19. The van der Waals surface area contributed by atoms with Crippen LogP contribution < -0.4 is 11.3 Å². The van der Waals surface area contributed by atoms with E-state index in [9.17, 15) is 0 Å². The first-order chi connectivity index (χ1) is 9.78. The van der Waals surface area contributed by atoms with E-state index in [1.54, 1.807) is 12.3 Å². The molecule has 0 saturated heterocycles. The van der Waals surface area contributed by atoms with Crippen LogP contribution in [-0.2, 0) is 0 Å². The summed E-state index contributed by atoms with van der Waals surface area (Å²) in [4.78, 5) is 13.4. The highest BCUT2D eigenvalue weighted by molar-refractivity contribution is 6.31. The standard InChI is InChI=1S/C14H12ClN5/c15-9-4-5-11-10(7-9)14(12-3-1-2-6-17-12)18-8-13(19-11)20-16/h1-7H,8,16H2,(H,19,20). The van der Waals surface area contributed by atoms with Crippen molar-refractivity contribution in [1.82, 2.24) is 10.4 Å². The summed E-state index contributed by atoms with van der Waals surface area (Å²) in [6, 6.07) is 11.2. The number of rotatable bonds is 1. The van der Waals surface area contributed by atoms with Crippen LogP contribution in [0.15, 0.2) is 52.6 Å². The molecule has 0 radical (unpaired) electrons. The van der Waals surface area contributed by atoms with E-state index in [0.29, 0.717) is 17.4 Å². The van der Waals surface area contributed by atoms with E-state index in [1.807, 2.05) is 30.3 Å². The Hall–Kier alpha value is -2.24. The van der Waals surface area contributed by atoms with E-state index in [0.717, 1.165) is 22.7 Å². The van der Waals surface area contributed by atoms with Gasteiger partial charge in [0.2, 0.25) is 0 Å².